The first-order valence-corrected chi connectivity index (χ1v) is 18.7. The summed E-state index contributed by atoms with van der Waals surface area (Å²) in [5.74, 6) is -3.51. The molecule has 8 rings (SSSR count). The van der Waals surface area contributed by atoms with Crippen molar-refractivity contribution in [3.63, 3.8) is 0 Å². The molecule has 0 aliphatic carbocycles. The van der Waals surface area contributed by atoms with Crippen molar-refractivity contribution in [2.45, 2.75) is 0 Å². The first-order chi connectivity index (χ1) is 29.9. The number of carbonyl (C=O) groups is 4. The molecule has 0 amide bonds. The Bertz CT molecular complexity index is 2940. The van der Waals surface area contributed by atoms with Crippen LogP contribution < -0.4 is 5.11 Å². The molecule has 1 radical (unpaired) electrons. The zero-order chi connectivity index (χ0) is 43.9. The Hall–Kier alpha value is -8.53. The van der Waals surface area contributed by atoms with Crippen LogP contribution in [0.2, 0.25) is 0 Å². The van der Waals surface area contributed by atoms with Gasteiger partial charge in [-0.1, -0.05) is 90.0 Å². The van der Waals surface area contributed by atoms with E-state index in [4.69, 9.17) is 10.2 Å². The van der Waals surface area contributed by atoms with E-state index in [1.807, 2.05) is 48.5 Å². The van der Waals surface area contributed by atoms with Gasteiger partial charge in [0.25, 0.3) is 5.75 Å². The minimum atomic E-state index is -1.21. The van der Waals surface area contributed by atoms with E-state index in [1.54, 1.807) is 36.4 Å². The summed E-state index contributed by atoms with van der Waals surface area (Å²) >= 11 is 0. The predicted octanol–water partition coefficient (Wildman–Crippen LogP) is 8.73. The zero-order valence-corrected chi connectivity index (χ0v) is 33.6. The van der Waals surface area contributed by atoms with Gasteiger partial charge in [-0.2, -0.15) is 0 Å². The van der Waals surface area contributed by atoms with Crippen molar-refractivity contribution in [1.82, 2.24) is 0 Å². The molecule has 0 bridgehead atoms. The van der Waals surface area contributed by atoms with Crippen molar-refractivity contribution >= 4 is 67.8 Å². The summed E-state index contributed by atoms with van der Waals surface area (Å²) in [4.78, 5) is 48.3. The van der Waals surface area contributed by atoms with Crippen molar-refractivity contribution in [3.8, 4) is 23.0 Å². The Morgan fingerprint density at radius 2 is 0.968 bits per heavy atom. The van der Waals surface area contributed by atoms with E-state index in [-0.39, 0.29) is 90.2 Å². The van der Waals surface area contributed by atoms with Gasteiger partial charge in [0, 0.05) is 61.7 Å². The van der Waals surface area contributed by atoms with E-state index in [0.717, 1.165) is 16.2 Å². The van der Waals surface area contributed by atoms with Crippen molar-refractivity contribution in [3.05, 3.63) is 191 Å². The monoisotopic (exact) mass is 886 g/mol. The SMILES string of the molecule is O=C(O)c1ccccc1C(=O)c1ccc(N=Nc2c(O)ccc3ccccc23)c(O)c1.O=C(O)c1ccccc1C(=O)c1ccc(N=[NH+]c2c([OH2+])ccc3ccccc23)c([OH2+])c1.[Co]. The van der Waals surface area contributed by atoms with Crippen LogP contribution in [-0.2, 0) is 16.8 Å². The maximum absolute atomic E-state index is 12.8. The van der Waals surface area contributed by atoms with E-state index in [1.165, 1.54) is 72.8 Å². The number of carboxylic acids is 2. The molecule has 0 spiro atoms. The smallest absolute Gasteiger partial charge is 0.336 e. The van der Waals surface area contributed by atoms with Crippen LogP contribution in [0, 0.1) is 0 Å². The molecule has 15 heteroatoms. The summed E-state index contributed by atoms with van der Waals surface area (Å²) < 4.78 is 0. The Morgan fingerprint density at radius 1 is 0.476 bits per heavy atom. The molecular formula is C48H35CoN4O10+3. The number of rotatable bonds is 10. The maximum atomic E-state index is 12.8. The number of nitrogens with zero attached hydrogens (tertiary/aromatic N) is 3. The number of azo groups is 2. The molecule has 313 valence electrons. The summed E-state index contributed by atoms with van der Waals surface area (Å²) in [6.07, 6.45) is 0. The van der Waals surface area contributed by atoms with Crippen LogP contribution in [0.1, 0.15) is 52.6 Å². The van der Waals surface area contributed by atoms with Gasteiger partial charge in [0.1, 0.15) is 22.9 Å². The predicted molar refractivity (Wildman–Crippen MR) is 231 cm³/mol. The van der Waals surface area contributed by atoms with Crippen LogP contribution in [0.25, 0.3) is 21.5 Å². The van der Waals surface area contributed by atoms with Crippen molar-refractivity contribution in [2.75, 3.05) is 0 Å². The second kappa shape index (κ2) is 19.2. The summed E-state index contributed by atoms with van der Waals surface area (Å²) in [7, 11) is 0. The van der Waals surface area contributed by atoms with Crippen LogP contribution in [0.5, 0.6) is 23.0 Å². The van der Waals surface area contributed by atoms with E-state index in [9.17, 15) is 39.6 Å². The van der Waals surface area contributed by atoms with Gasteiger partial charge in [0.2, 0.25) is 5.69 Å². The average molecular weight is 887 g/mol. The van der Waals surface area contributed by atoms with Gasteiger partial charge in [-0.3, -0.25) is 9.59 Å². The fourth-order valence-electron chi connectivity index (χ4n) is 6.53. The fourth-order valence-corrected chi connectivity index (χ4v) is 6.53. The molecule has 0 atom stereocenters. The van der Waals surface area contributed by atoms with Crippen LogP contribution in [0.3, 0.4) is 0 Å². The van der Waals surface area contributed by atoms with E-state index < -0.39 is 23.5 Å². The number of phenols is 2. The average Bonchev–Trinajstić information content (AvgIpc) is 3.28. The number of carboxylic acid groups (broad SMARTS) is 2. The minimum Gasteiger partial charge on any atom is -0.592 e. The number of hydrogen-bond acceptors (Lipinski definition) is 9. The number of phenolic OH excluding ortho intramolecular Hbond substituents is 2. The molecule has 0 fully saturated rings. The number of aromatic carboxylic acids is 2. The largest absolute Gasteiger partial charge is 0.592 e. The molecule has 63 heavy (non-hydrogen) atoms. The third-order valence-electron chi connectivity index (χ3n) is 9.65. The minimum absolute atomic E-state index is 0. The molecule has 14 nitrogen and oxygen atoms in total. The molecule has 9 N–H and O–H groups in total. The Balaban J connectivity index is 0.000000206. The number of fused-ring (bicyclic) bond motifs is 2. The van der Waals surface area contributed by atoms with Gasteiger partial charge in [-0.25, -0.2) is 9.59 Å². The van der Waals surface area contributed by atoms with Crippen LogP contribution in [0.15, 0.2) is 173 Å². The standard InChI is InChI=1S/2C24H16N2O5.Co/c2*27-20-12-10-14-5-1-2-6-16(14)22(20)26-25-19-11-9-15(13-21(19)28)23(29)17-7-3-4-8-18(17)24(30)31;/h2*1-13,27-28H,(H,30,31);/p+3. The third-order valence-corrected chi connectivity index (χ3v) is 9.65. The summed E-state index contributed by atoms with van der Waals surface area (Å²) in [5.41, 5.74) is 1.33. The van der Waals surface area contributed by atoms with E-state index in [0.29, 0.717) is 11.1 Å². The Kier molecular flexibility index (Phi) is 13.4. The molecule has 0 unspecified atom stereocenters. The molecule has 8 aromatic rings. The maximum Gasteiger partial charge on any atom is 0.336 e. The summed E-state index contributed by atoms with van der Waals surface area (Å²) in [6.45, 7) is 0. The number of ketones is 2. The van der Waals surface area contributed by atoms with Gasteiger partial charge in [-0.15, -0.1) is 10.2 Å². The quantitative estimate of drug-likeness (QED) is 0.0503. The molecular weight excluding hydrogens is 851 g/mol. The van der Waals surface area contributed by atoms with E-state index in [2.05, 4.69) is 20.5 Å². The topological polar surface area (TPSA) is 246 Å². The first-order valence-electron chi connectivity index (χ1n) is 18.7. The van der Waals surface area contributed by atoms with Gasteiger partial charge in [0.15, 0.2) is 11.6 Å². The van der Waals surface area contributed by atoms with Gasteiger partial charge >= 0.3 is 23.4 Å². The normalized spacial score (nSPS) is 10.9. The molecule has 0 saturated heterocycles. The molecule has 0 saturated carbocycles. The fraction of sp³-hybridized carbons (Fsp3) is 0. The zero-order valence-electron chi connectivity index (χ0n) is 32.6. The van der Waals surface area contributed by atoms with Gasteiger partial charge in [0.05, 0.1) is 16.5 Å². The molecule has 0 aliphatic heterocycles. The number of carbonyl (C=O) groups excluding carboxylic acids is 2. The number of benzene rings is 8. The van der Waals surface area contributed by atoms with Gasteiger partial charge < -0.3 is 30.6 Å². The summed E-state index contributed by atoms with van der Waals surface area (Å²) in [5, 5.41) is 74.1. The number of hydrogen-bond donors (Lipinski definition) is 5. The van der Waals surface area contributed by atoms with Crippen molar-refractivity contribution in [1.29, 1.82) is 0 Å². The van der Waals surface area contributed by atoms with Crippen LogP contribution in [-0.4, -0.2) is 54.1 Å². The first kappa shape index (κ1) is 44.0. The van der Waals surface area contributed by atoms with E-state index >= 15 is 0 Å². The summed E-state index contributed by atoms with van der Waals surface area (Å²) in [6, 6.07) is 42.0. The van der Waals surface area contributed by atoms with Gasteiger partial charge in [-0.05, 0) is 71.4 Å². The molecule has 8 aromatic carbocycles. The molecule has 0 aliphatic rings. The number of nitrogens with one attached hydrogen (secondary N) is 1. The second-order valence-electron chi connectivity index (χ2n) is 13.6. The molecule has 0 heterocycles. The Labute approximate surface area is 367 Å². The van der Waals surface area contributed by atoms with Crippen molar-refractivity contribution in [2.24, 2.45) is 15.3 Å². The second-order valence-corrected chi connectivity index (χ2v) is 13.6. The third kappa shape index (κ3) is 9.60. The molecule has 0 aromatic heterocycles. The van der Waals surface area contributed by atoms with Crippen molar-refractivity contribution < 1.29 is 71.7 Å². The van der Waals surface area contributed by atoms with Crippen LogP contribution >= 0.6 is 0 Å². The Morgan fingerprint density at radius 3 is 1.54 bits per heavy atom. The van der Waals surface area contributed by atoms with Crippen LogP contribution in [0.4, 0.5) is 22.7 Å². The number of aromatic hydroxyl groups is 2.